The molecular formula is C40H24O. The fraction of sp³-hybridized carbons (Fsp3) is 0. The lowest BCUT2D eigenvalue weighted by Crippen LogP contribution is -1.99. The van der Waals surface area contributed by atoms with Crippen molar-refractivity contribution in [1.29, 1.82) is 0 Å². The van der Waals surface area contributed by atoms with Crippen molar-refractivity contribution >= 4 is 43.1 Å². The average molecular weight is 521 g/mol. The minimum absolute atomic E-state index is 0.926. The van der Waals surface area contributed by atoms with Gasteiger partial charge in [-0.05, 0) is 84.2 Å². The molecule has 0 aromatic heterocycles. The highest BCUT2D eigenvalue weighted by Crippen LogP contribution is 2.51. The minimum atomic E-state index is 0.926. The lowest BCUT2D eigenvalue weighted by Gasteiger charge is -2.24. The van der Waals surface area contributed by atoms with Gasteiger partial charge in [0.15, 0.2) is 0 Å². The van der Waals surface area contributed by atoms with Crippen LogP contribution in [0.3, 0.4) is 0 Å². The highest BCUT2D eigenvalue weighted by molar-refractivity contribution is 6.17. The van der Waals surface area contributed by atoms with Gasteiger partial charge in [-0.1, -0.05) is 121 Å². The molecule has 0 aliphatic carbocycles. The van der Waals surface area contributed by atoms with Crippen LogP contribution in [0.2, 0.25) is 0 Å². The molecule has 1 aliphatic heterocycles. The first-order chi connectivity index (χ1) is 20.3. The predicted octanol–water partition coefficient (Wildman–Crippen LogP) is 11.4. The van der Waals surface area contributed by atoms with Crippen LogP contribution in [0.1, 0.15) is 0 Å². The Bertz CT molecular complexity index is 2340. The third-order valence-electron chi connectivity index (χ3n) is 8.60. The lowest BCUT2D eigenvalue weighted by molar-refractivity contribution is 0.489. The van der Waals surface area contributed by atoms with Crippen molar-refractivity contribution in [2.45, 2.75) is 0 Å². The van der Waals surface area contributed by atoms with Gasteiger partial charge in [0.2, 0.25) is 0 Å². The summed E-state index contributed by atoms with van der Waals surface area (Å²) in [7, 11) is 0. The highest BCUT2D eigenvalue weighted by Gasteiger charge is 2.24. The van der Waals surface area contributed by atoms with Gasteiger partial charge in [0, 0.05) is 16.5 Å². The van der Waals surface area contributed by atoms with E-state index in [0.717, 1.165) is 28.2 Å². The monoisotopic (exact) mass is 520 g/mol. The molecule has 1 heterocycles. The Morgan fingerprint density at radius 2 is 0.902 bits per heavy atom. The molecule has 0 saturated heterocycles. The Morgan fingerprint density at radius 3 is 1.73 bits per heavy atom. The summed E-state index contributed by atoms with van der Waals surface area (Å²) in [4.78, 5) is 0. The smallest absolute Gasteiger partial charge is 0.143 e. The topological polar surface area (TPSA) is 9.23 Å². The molecule has 1 nitrogen and oxygen atoms in total. The standard InChI is InChI=1S/C40H24O/c1-2-8-26-21-27(16-15-25(26)7-1)28-17-18-30-23-32(20-19-29(30)22-28)34-11-5-14-37-36-13-6-12-35-33-10-4-3-9-31(33)24-38(39(35)36)41-40(34)37/h1-24H. The Hall–Kier alpha value is -5.40. The van der Waals surface area contributed by atoms with Crippen LogP contribution in [0, 0.1) is 0 Å². The van der Waals surface area contributed by atoms with Crippen LogP contribution in [0.15, 0.2) is 146 Å². The van der Waals surface area contributed by atoms with Gasteiger partial charge >= 0.3 is 0 Å². The van der Waals surface area contributed by atoms with Crippen LogP contribution >= 0.6 is 0 Å². The van der Waals surface area contributed by atoms with Gasteiger partial charge in [-0.3, -0.25) is 0 Å². The molecule has 9 rings (SSSR count). The van der Waals surface area contributed by atoms with E-state index in [0.29, 0.717) is 0 Å². The van der Waals surface area contributed by atoms with Crippen LogP contribution < -0.4 is 4.74 Å². The zero-order valence-corrected chi connectivity index (χ0v) is 22.3. The molecule has 0 radical (unpaired) electrons. The molecule has 0 amide bonds. The fourth-order valence-corrected chi connectivity index (χ4v) is 6.59. The number of hydrogen-bond acceptors (Lipinski definition) is 1. The van der Waals surface area contributed by atoms with E-state index in [9.17, 15) is 0 Å². The van der Waals surface area contributed by atoms with Crippen molar-refractivity contribution in [2.24, 2.45) is 0 Å². The second kappa shape index (κ2) is 8.55. The van der Waals surface area contributed by atoms with Crippen molar-refractivity contribution in [1.82, 2.24) is 0 Å². The molecule has 8 aromatic carbocycles. The number of benzene rings is 8. The van der Waals surface area contributed by atoms with Crippen LogP contribution in [0.4, 0.5) is 0 Å². The van der Waals surface area contributed by atoms with Crippen molar-refractivity contribution in [2.75, 3.05) is 0 Å². The summed E-state index contributed by atoms with van der Waals surface area (Å²) in [5, 5.41) is 9.85. The number of hydrogen-bond donors (Lipinski definition) is 0. The number of fused-ring (bicyclic) bond motifs is 6. The van der Waals surface area contributed by atoms with Crippen LogP contribution in [-0.4, -0.2) is 0 Å². The molecule has 0 fully saturated rings. The normalized spacial score (nSPS) is 12.1. The van der Waals surface area contributed by atoms with E-state index in [2.05, 4.69) is 146 Å². The maximum atomic E-state index is 6.77. The fourth-order valence-electron chi connectivity index (χ4n) is 6.59. The predicted molar refractivity (Wildman–Crippen MR) is 173 cm³/mol. The van der Waals surface area contributed by atoms with E-state index in [1.807, 2.05) is 0 Å². The first-order valence-electron chi connectivity index (χ1n) is 14.1. The van der Waals surface area contributed by atoms with Crippen LogP contribution in [0.5, 0.6) is 11.5 Å². The Morgan fingerprint density at radius 1 is 0.341 bits per heavy atom. The molecular weight excluding hydrogens is 496 g/mol. The summed E-state index contributed by atoms with van der Waals surface area (Å²) in [6.07, 6.45) is 0. The van der Waals surface area contributed by atoms with E-state index in [1.54, 1.807) is 0 Å². The molecule has 0 atom stereocenters. The molecule has 41 heavy (non-hydrogen) atoms. The highest BCUT2D eigenvalue weighted by atomic mass is 16.5. The van der Waals surface area contributed by atoms with E-state index >= 15 is 0 Å². The van der Waals surface area contributed by atoms with Crippen LogP contribution in [0.25, 0.3) is 76.5 Å². The average Bonchev–Trinajstić information content (AvgIpc) is 3.04. The second-order valence-electron chi connectivity index (χ2n) is 10.9. The lowest BCUT2D eigenvalue weighted by atomic mass is 9.89. The molecule has 1 heteroatoms. The van der Waals surface area contributed by atoms with Crippen LogP contribution in [-0.2, 0) is 0 Å². The van der Waals surface area contributed by atoms with Crippen molar-refractivity contribution in [3.63, 3.8) is 0 Å². The summed E-state index contributed by atoms with van der Waals surface area (Å²) in [6.45, 7) is 0. The van der Waals surface area contributed by atoms with Gasteiger partial charge in [0.1, 0.15) is 11.5 Å². The molecule has 0 N–H and O–H groups in total. The SMILES string of the molecule is c1cc(-c2ccc3cc(-c4ccc5ccccc5c4)ccc3c2)c2c(c1)-c1cccc3c1c(cc1ccccc13)O2. The Labute approximate surface area is 237 Å². The van der Waals surface area contributed by atoms with Crippen molar-refractivity contribution in [3.05, 3.63) is 146 Å². The number of rotatable bonds is 2. The molecule has 8 aromatic rings. The van der Waals surface area contributed by atoms with Gasteiger partial charge in [0.25, 0.3) is 0 Å². The number of para-hydroxylation sites is 1. The second-order valence-corrected chi connectivity index (χ2v) is 10.9. The third kappa shape index (κ3) is 3.43. The summed E-state index contributed by atoms with van der Waals surface area (Å²) < 4.78 is 6.77. The summed E-state index contributed by atoms with van der Waals surface area (Å²) in [5.74, 6) is 1.85. The van der Waals surface area contributed by atoms with Crippen molar-refractivity contribution < 1.29 is 4.74 Å². The quantitative estimate of drug-likeness (QED) is 0.206. The molecule has 0 bridgehead atoms. The molecule has 190 valence electrons. The maximum Gasteiger partial charge on any atom is 0.143 e. The third-order valence-corrected chi connectivity index (χ3v) is 8.60. The molecule has 1 aliphatic rings. The zero-order valence-electron chi connectivity index (χ0n) is 22.3. The van der Waals surface area contributed by atoms with Gasteiger partial charge in [-0.2, -0.15) is 0 Å². The van der Waals surface area contributed by atoms with Gasteiger partial charge < -0.3 is 4.74 Å². The van der Waals surface area contributed by atoms with E-state index in [1.165, 1.54) is 59.8 Å². The van der Waals surface area contributed by atoms with Gasteiger partial charge in [-0.25, -0.2) is 0 Å². The Balaban J connectivity index is 1.17. The largest absolute Gasteiger partial charge is 0.455 e. The maximum absolute atomic E-state index is 6.77. The summed E-state index contributed by atoms with van der Waals surface area (Å²) in [6, 6.07) is 52.6. The van der Waals surface area contributed by atoms with E-state index in [4.69, 9.17) is 4.74 Å². The molecule has 0 spiro atoms. The summed E-state index contributed by atoms with van der Waals surface area (Å²) in [5.41, 5.74) is 7.10. The minimum Gasteiger partial charge on any atom is -0.455 e. The summed E-state index contributed by atoms with van der Waals surface area (Å²) >= 11 is 0. The first kappa shape index (κ1) is 22.4. The van der Waals surface area contributed by atoms with Gasteiger partial charge in [0.05, 0.1) is 0 Å². The van der Waals surface area contributed by atoms with Crippen molar-refractivity contribution in [3.8, 4) is 44.9 Å². The van der Waals surface area contributed by atoms with E-state index < -0.39 is 0 Å². The van der Waals surface area contributed by atoms with E-state index in [-0.39, 0.29) is 0 Å². The van der Waals surface area contributed by atoms with Gasteiger partial charge in [-0.15, -0.1) is 0 Å². The molecule has 0 saturated carbocycles. The number of ether oxygens (including phenoxy) is 1. The molecule has 0 unspecified atom stereocenters. The Kier molecular flexibility index (Phi) is 4.67. The first-order valence-corrected chi connectivity index (χ1v) is 14.1. The zero-order chi connectivity index (χ0) is 26.9.